The molecule has 0 aromatic heterocycles. The smallest absolute Gasteiger partial charge is 0.321 e. The van der Waals surface area contributed by atoms with E-state index in [1.807, 2.05) is 0 Å². The van der Waals surface area contributed by atoms with Gasteiger partial charge in [0.25, 0.3) is 0 Å². The molecule has 0 radical (unpaired) electrons. The first-order chi connectivity index (χ1) is 7.09. The molecule has 0 aliphatic carbocycles. The largest absolute Gasteiger partial charge is 0.508 e. The molecule has 1 aliphatic rings. The number of carboxylic acid groups (broad SMARTS) is 1. The fourth-order valence-corrected chi connectivity index (χ4v) is 1.75. The van der Waals surface area contributed by atoms with Crippen molar-refractivity contribution in [2.24, 2.45) is 0 Å². The van der Waals surface area contributed by atoms with Crippen molar-refractivity contribution in [2.45, 2.75) is 19.0 Å². The normalized spacial score (nSPS) is 19.7. The number of benzene rings is 1. The molecule has 2 rings (SSSR count). The second-order valence-electron chi connectivity index (χ2n) is 3.50. The number of rotatable bonds is 1. The SMILES string of the molecule is O=C(O)C1Cc2c(F)ccc(O)c2CN1. The summed E-state index contributed by atoms with van der Waals surface area (Å²) in [5.74, 6) is -1.47. The highest BCUT2D eigenvalue weighted by molar-refractivity contribution is 5.74. The Hall–Kier alpha value is -1.62. The van der Waals surface area contributed by atoms with E-state index in [4.69, 9.17) is 5.11 Å². The Morgan fingerprint density at radius 3 is 2.87 bits per heavy atom. The molecule has 0 amide bonds. The predicted molar refractivity (Wildman–Crippen MR) is 50.0 cm³/mol. The summed E-state index contributed by atoms with van der Waals surface area (Å²) in [5, 5.41) is 20.9. The number of nitrogens with one attached hydrogen (secondary N) is 1. The average molecular weight is 211 g/mol. The first-order valence-corrected chi connectivity index (χ1v) is 4.55. The van der Waals surface area contributed by atoms with Crippen LogP contribution in [0, 0.1) is 5.82 Å². The van der Waals surface area contributed by atoms with Gasteiger partial charge in [0.1, 0.15) is 17.6 Å². The maximum absolute atomic E-state index is 13.4. The number of phenols is 1. The van der Waals surface area contributed by atoms with E-state index in [0.29, 0.717) is 11.1 Å². The third-order valence-electron chi connectivity index (χ3n) is 2.58. The minimum Gasteiger partial charge on any atom is -0.508 e. The van der Waals surface area contributed by atoms with Gasteiger partial charge in [0, 0.05) is 18.5 Å². The molecule has 0 bridgehead atoms. The molecule has 1 aromatic rings. The molecule has 1 aliphatic heterocycles. The number of hydrogen-bond donors (Lipinski definition) is 3. The molecular formula is C10H10FNO3. The van der Waals surface area contributed by atoms with Crippen LogP contribution in [-0.4, -0.2) is 22.2 Å². The fraction of sp³-hybridized carbons (Fsp3) is 0.300. The van der Waals surface area contributed by atoms with Crippen LogP contribution in [0.4, 0.5) is 4.39 Å². The maximum atomic E-state index is 13.4. The highest BCUT2D eigenvalue weighted by Crippen LogP contribution is 2.27. The van der Waals surface area contributed by atoms with Crippen LogP contribution in [0.3, 0.4) is 0 Å². The van der Waals surface area contributed by atoms with Gasteiger partial charge in [-0.2, -0.15) is 0 Å². The molecule has 3 N–H and O–H groups in total. The van der Waals surface area contributed by atoms with Gasteiger partial charge in [-0.1, -0.05) is 0 Å². The van der Waals surface area contributed by atoms with Gasteiger partial charge in [-0.15, -0.1) is 0 Å². The Balaban J connectivity index is 2.41. The van der Waals surface area contributed by atoms with Crippen molar-refractivity contribution in [3.05, 3.63) is 29.1 Å². The topological polar surface area (TPSA) is 69.6 Å². The van der Waals surface area contributed by atoms with Crippen molar-refractivity contribution in [1.29, 1.82) is 0 Å². The van der Waals surface area contributed by atoms with Crippen LogP contribution in [0.15, 0.2) is 12.1 Å². The van der Waals surface area contributed by atoms with E-state index in [2.05, 4.69) is 5.32 Å². The number of hydrogen-bond acceptors (Lipinski definition) is 3. The van der Waals surface area contributed by atoms with Crippen LogP contribution in [0.25, 0.3) is 0 Å². The first kappa shape index (κ1) is 9.92. The number of carbonyl (C=O) groups is 1. The Kier molecular flexibility index (Phi) is 2.32. The van der Waals surface area contributed by atoms with Gasteiger partial charge in [-0.3, -0.25) is 10.1 Å². The second-order valence-corrected chi connectivity index (χ2v) is 3.50. The van der Waals surface area contributed by atoms with Crippen LogP contribution in [-0.2, 0) is 17.8 Å². The zero-order valence-corrected chi connectivity index (χ0v) is 7.83. The minimum absolute atomic E-state index is 0.00254. The van der Waals surface area contributed by atoms with Crippen molar-refractivity contribution in [1.82, 2.24) is 5.32 Å². The number of fused-ring (bicyclic) bond motifs is 1. The monoisotopic (exact) mass is 211 g/mol. The molecular weight excluding hydrogens is 201 g/mol. The number of aliphatic carboxylic acids is 1. The van der Waals surface area contributed by atoms with Gasteiger partial charge in [0.2, 0.25) is 0 Å². The van der Waals surface area contributed by atoms with Crippen LogP contribution in [0.5, 0.6) is 5.75 Å². The van der Waals surface area contributed by atoms with E-state index in [1.54, 1.807) is 0 Å². The lowest BCUT2D eigenvalue weighted by Gasteiger charge is -2.24. The van der Waals surface area contributed by atoms with Gasteiger partial charge in [-0.05, 0) is 17.7 Å². The number of phenolic OH excluding ortho intramolecular Hbond substituents is 1. The molecule has 0 saturated carbocycles. The molecule has 15 heavy (non-hydrogen) atoms. The van der Waals surface area contributed by atoms with E-state index in [1.165, 1.54) is 6.07 Å². The van der Waals surface area contributed by atoms with Crippen molar-refractivity contribution in [3.63, 3.8) is 0 Å². The summed E-state index contributed by atoms with van der Waals surface area (Å²) < 4.78 is 13.4. The van der Waals surface area contributed by atoms with Gasteiger partial charge in [-0.25, -0.2) is 4.39 Å². The Morgan fingerprint density at radius 2 is 2.20 bits per heavy atom. The number of aromatic hydroxyl groups is 1. The minimum atomic E-state index is -1.01. The molecule has 1 aromatic carbocycles. The molecule has 0 saturated heterocycles. The van der Waals surface area contributed by atoms with Gasteiger partial charge in [0.15, 0.2) is 0 Å². The van der Waals surface area contributed by atoms with Crippen LogP contribution < -0.4 is 5.32 Å². The molecule has 1 atom stereocenters. The van der Waals surface area contributed by atoms with E-state index < -0.39 is 17.8 Å². The molecule has 0 spiro atoms. The van der Waals surface area contributed by atoms with E-state index in [0.717, 1.165) is 6.07 Å². The molecule has 80 valence electrons. The van der Waals surface area contributed by atoms with Crippen molar-refractivity contribution in [2.75, 3.05) is 0 Å². The van der Waals surface area contributed by atoms with E-state index in [9.17, 15) is 14.3 Å². The summed E-state index contributed by atoms with van der Waals surface area (Å²) in [6.45, 7) is 0.176. The maximum Gasteiger partial charge on any atom is 0.321 e. The summed E-state index contributed by atoms with van der Waals surface area (Å²) in [5.41, 5.74) is 0.744. The van der Waals surface area contributed by atoms with Crippen molar-refractivity contribution in [3.8, 4) is 5.75 Å². The van der Waals surface area contributed by atoms with Crippen molar-refractivity contribution < 1.29 is 19.4 Å². The van der Waals surface area contributed by atoms with Crippen LogP contribution in [0.2, 0.25) is 0 Å². The lowest BCUT2D eigenvalue weighted by atomic mass is 9.94. The molecule has 1 unspecified atom stereocenters. The van der Waals surface area contributed by atoms with E-state index >= 15 is 0 Å². The van der Waals surface area contributed by atoms with Crippen molar-refractivity contribution >= 4 is 5.97 Å². The molecule has 1 heterocycles. The second kappa shape index (κ2) is 3.51. The summed E-state index contributed by atoms with van der Waals surface area (Å²) in [6.07, 6.45) is 0.0604. The average Bonchev–Trinajstić information content (AvgIpc) is 2.23. The Bertz CT molecular complexity index is 419. The van der Waals surface area contributed by atoms with Gasteiger partial charge >= 0.3 is 5.97 Å². The van der Waals surface area contributed by atoms with Gasteiger partial charge in [0.05, 0.1) is 0 Å². The highest BCUT2D eigenvalue weighted by Gasteiger charge is 2.27. The Labute approximate surface area is 85.4 Å². The zero-order valence-electron chi connectivity index (χ0n) is 7.83. The van der Waals surface area contributed by atoms with Crippen LogP contribution >= 0.6 is 0 Å². The standard InChI is InChI=1S/C10H10FNO3/c11-7-1-2-9(13)6-4-12-8(10(14)15)3-5(6)7/h1-2,8,12-13H,3-4H2,(H,14,15). The quantitative estimate of drug-likeness (QED) is 0.637. The summed E-state index contributed by atoms with van der Waals surface area (Å²) in [4.78, 5) is 10.7. The van der Waals surface area contributed by atoms with E-state index in [-0.39, 0.29) is 18.7 Å². The number of carboxylic acids is 1. The molecule has 5 heteroatoms. The lowest BCUT2D eigenvalue weighted by Crippen LogP contribution is -2.42. The third kappa shape index (κ3) is 1.66. The fourth-order valence-electron chi connectivity index (χ4n) is 1.75. The highest BCUT2D eigenvalue weighted by atomic mass is 19.1. The number of halogens is 1. The predicted octanol–water partition coefficient (Wildman–Crippen LogP) is 0.630. The third-order valence-corrected chi connectivity index (χ3v) is 2.58. The molecule has 0 fully saturated rings. The first-order valence-electron chi connectivity index (χ1n) is 4.55. The summed E-state index contributed by atoms with van der Waals surface area (Å²) >= 11 is 0. The molecule has 4 nitrogen and oxygen atoms in total. The lowest BCUT2D eigenvalue weighted by molar-refractivity contribution is -0.139. The van der Waals surface area contributed by atoms with Gasteiger partial charge < -0.3 is 10.2 Å². The summed E-state index contributed by atoms with van der Waals surface area (Å²) in [6, 6.07) is 1.64. The summed E-state index contributed by atoms with van der Waals surface area (Å²) in [7, 11) is 0. The van der Waals surface area contributed by atoms with Crippen LogP contribution in [0.1, 0.15) is 11.1 Å². The Morgan fingerprint density at radius 1 is 1.47 bits per heavy atom. The zero-order chi connectivity index (χ0) is 11.0.